The van der Waals surface area contributed by atoms with E-state index in [9.17, 15) is 9.18 Å². The molecule has 2 rings (SSSR count). The van der Waals surface area contributed by atoms with Crippen molar-refractivity contribution in [3.05, 3.63) is 24.0 Å². The topological polar surface area (TPSA) is 50.4 Å². The number of anilines is 1. The molecule has 5 heteroatoms. The number of benzene rings is 1. The summed E-state index contributed by atoms with van der Waals surface area (Å²) in [6.45, 7) is 0.639. The van der Waals surface area contributed by atoms with Crippen molar-refractivity contribution in [3.8, 4) is 5.75 Å². The number of nitrogens with one attached hydrogen (secondary N) is 2. The minimum atomic E-state index is -0.382. The number of hydrogen-bond acceptors (Lipinski definition) is 3. The first-order valence-corrected chi connectivity index (χ1v) is 5.56. The number of hydrogen-bond donors (Lipinski definition) is 2. The minimum absolute atomic E-state index is 0.0912. The highest BCUT2D eigenvalue weighted by atomic mass is 19.1. The molecule has 1 fully saturated rings. The van der Waals surface area contributed by atoms with Crippen LogP contribution >= 0.6 is 0 Å². The molecule has 0 bridgehead atoms. The Hall–Kier alpha value is -1.78. The summed E-state index contributed by atoms with van der Waals surface area (Å²) in [5.74, 6) is -0.0776. The highest BCUT2D eigenvalue weighted by Crippen LogP contribution is 2.21. The molecule has 17 heavy (non-hydrogen) atoms. The van der Waals surface area contributed by atoms with E-state index in [2.05, 4.69) is 10.6 Å². The fraction of sp³-hybridized carbons (Fsp3) is 0.417. The highest BCUT2D eigenvalue weighted by molar-refractivity contribution is 5.78. The van der Waals surface area contributed by atoms with Crippen molar-refractivity contribution in [1.29, 1.82) is 0 Å². The van der Waals surface area contributed by atoms with Crippen molar-refractivity contribution in [3.63, 3.8) is 0 Å². The maximum Gasteiger partial charge on any atom is 0.220 e. The van der Waals surface area contributed by atoms with Crippen LogP contribution in [0.1, 0.15) is 12.8 Å². The van der Waals surface area contributed by atoms with Crippen molar-refractivity contribution >= 4 is 11.6 Å². The first-order valence-electron chi connectivity index (χ1n) is 5.56. The summed E-state index contributed by atoms with van der Waals surface area (Å²) in [6, 6.07) is 4.76. The van der Waals surface area contributed by atoms with E-state index in [1.165, 1.54) is 13.2 Å². The molecular formula is C12H15FN2O2. The van der Waals surface area contributed by atoms with Gasteiger partial charge in [0.1, 0.15) is 0 Å². The summed E-state index contributed by atoms with van der Waals surface area (Å²) in [4.78, 5) is 11.0. The molecule has 1 aliphatic heterocycles. The molecule has 0 aliphatic carbocycles. The summed E-state index contributed by atoms with van der Waals surface area (Å²) in [5, 5.41) is 6.01. The van der Waals surface area contributed by atoms with Gasteiger partial charge in [0.05, 0.1) is 7.11 Å². The van der Waals surface area contributed by atoms with Crippen LogP contribution in [0.25, 0.3) is 0 Å². The van der Waals surface area contributed by atoms with Crippen LogP contribution < -0.4 is 15.4 Å². The van der Waals surface area contributed by atoms with E-state index >= 15 is 0 Å². The molecule has 1 heterocycles. The lowest BCUT2D eigenvalue weighted by molar-refractivity contribution is -0.119. The molecule has 1 aliphatic rings. The van der Waals surface area contributed by atoms with Crippen LogP contribution in [0.2, 0.25) is 0 Å². The molecule has 1 amide bonds. The van der Waals surface area contributed by atoms with E-state index < -0.39 is 0 Å². The summed E-state index contributed by atoms with van der Waals surface area (Å²) >= 11 is 0. The van der Waals surface area contributed by atoms with Crippen molar-refractivity contribution in [1.82, 2.24) is 5.32 Å². The minimum Gasteiger partial charge on any atom is -0.494 e. The number of ether oxygens (including phenoxy) is 1. The van der Waals surface area contributed by atoms with E-state index in [1.54, 1.807) is 12.1 Å². The largest absolute Gasteiger partial charge is 0.494 e. The zero-order valence-electron chi connectivity index (χ0n) is 9.63. The number of amides is 1. The van der Waals surface area contributed by atoms with Crippen LogP contribution in [-0.2, 0) is 4.79 Å². The highest BCUT2D eigenvalue weighted by Gasteiger charge is 2.20. The van der Waals surface area contributed by atoms with Gasteiger partial charge >= 0.3 is 0 Å². The fourth-order valence-corrected chi connectivity index (χ4v) is 1.84. The summed E-state index contributed by atoms with van der Waals surface area (Å²) < 4.78 is 18.0. The molecule has 1 unspecified atom stereocenters. The van der Waals surface area contributed by atoms with Gasteiger partial charge < -0.3 is 15.4 Å². The number of carbonyl (C=O) groups excluding carboxylic acids is 1. The van der Waals surface area contributed by atoms with Crippen LogP contribution in [0.15, 0.2) is 18.2 Å². The third-order valence-corrected chi connectivity index (χ3v) is 2.79. The molecule has 92 valence electrons. The van der Waals surface area contributed by atoms with Gasteiger partial charge in [-0.2, -0.15) is 0 Å². The van der Waals surface area contributed by atoms with Crippen molar-refractivity contribution in [2.24, 2.45) is 0 Å². The van der Waals surface area contributed by atoms with Crippen LogP contribution in [0.3, 0.4) is 0 Å². The van der Waals surface area contributed by atoms with Crippen molar-refractivity contribution in [2.75, 3.05) is 19.0 Å². The lowest BCUT2D eigenvalue weighted by Gasteiger charge is -2.13. The molecule has 0 saturated carbocycles. The summed E-state index contributed by atoms with van der Waals surface area (Å²) in [7, 11) is 1.43. The third-order valence-electron chi connectivity index (χ3n) is 2.79. The Balaban J connectivity index is 1.92. The standard InChI is InChI=1S/C12H15FN2O2/c1-17-11-6-8(2-4-10(11)13)14-7-9-3-5-12(16)15-9/h2,4,6,9,14H,3,5,7H2,1H3,(H,15,16). The van der Waals surface area contributed by atoms with E-state index in [1.807, 2.05) is 0 Å². The Kier molecular flexibility index (Phi) is 3.46. The van der Waals surface area contributed by atoms with Crippen LogP contribution in [0.5, 0.6) is 5.75 Å². The van der Waals surface area contributed by atoms with Gasteiger partial charge in [-0.05, 0) is 18.6 Å². The molecule has 1 atom stereocenters. The summed E-state index contributed by atoms with van der Waals surface area (Å²) in [6.07, 6.45) is 1.42. The number of carbonyl (C=O) groups is 1. The second-order valence-corrected chi connectivity index (χ2v) is 4.03. The van der Waals surface area contributed by atoms with E-state index in [4.69, 9.17) is 4.74 Å². The zero-order chi connectivity index (χ0) is 12.3. The number of methoxy groups -OCH3 is 1. The third kappa shape index (κ3) is 2.87. The van der Waals surface area contributed by atoms with Crippen LogP contribution in [0.4, 0.5) is 10.1 Å². The van der Waals surface area contributed by atoms with Gasteiger partial charge in [0.25, 0.3) is 0 Å². The molecule has 1 aromatic rings. The molecule has 4 nitrogen and oxygen atoms in total. The Morgan fingerprint density at radius 3 is 3.06 bits per heavy atom. The Bertz CT molecular complexity index is 423. The van der Waals surface area contributed by atoms with Gasteiger partial charge in [-0.15, -0.1) is 0 Å². The molecule has 1 aromatic carbocycles. The second kappa shape index (κ2) is 5.03. The van der Waals surface area contributed by atoms with Gasteiger partial charge in [0.2, 0.25) is 5.91 Å². The van der Waals surface area contributed by atoms with Gasteiger partial charge in [-0.3, -0.25) is 4.79 Å². The quantitative estimate of drug-likeness (QED) is 0.836. The monoisotopic (exact) mass is 238 g/mol. The fourth-order valence-electron chi connectivity index (χ4n) is 1.84. The first-order chi connectivity index (χ1) is 8.19. The van der Waals surface area contributed by atoms with Crippen LogP contribution in [0, 0.1) is 5.82 Å². The van der Waals surface area contributed by atoms with E-state index in [0.717, 1.165) is 12.1 Å². The van der Waals surface area contributed by atoms with Crippen molar-refractivity contribution < 1.29 is 13.9 Å². The Morgan fingerprint density at radius 2 is 2.41 bits per heavy atom. The number of rotatable bonds is 4. The Labute approximate surface area is 99.2 Å². The normalized spacial score (nSPS) is 18.9. The van der Waals surface area contributed by atoms with E-state index in [0.29, 0.717) is 13.0 Å². The molecule has 1 saturated heterocycles. The number of halogens is 1. The van der Waals surface area contributed by atoms with Crippen LogP contribution in [-0.4, -0.2) is 25.6 Å². The lowest BCUT2D eigenvalue weighted by atomic mass is 10.2. The molecule has 2 N–H and O–H groups in total. The van der Waals surface area contributed by atoms with Gasteiger partial charge in [-0.1, -0.05) is 0 Å². The maximum atomic E-state index is 13.2. The second-order valence-electron chi connectivity index (χ2n) is 4.03. The van der Waals surface area contributed by atoms with Crippen molar-refractivity contribution in [2.45, 2.75) is 18.9 Å². The smallest absolute Gasteiger partial charge is 0.220 e. The Morgan fingerprint density at radius 1 is 1.59 bits per heavy atom. The molecular weight excluding hydrogens is 223 g/mol. The average molecular weight is 238 g/mol. The van der Waals surface area contributed by atoms with Gasteiger partial charge in [0, 0.05) is 30.8 Å². The average Bonchev–Trinajstić information content (AvgIpc) is 2.74. The molecule has 0 radical (unpaired) electrons. The first kappa shape index (κ1) is 11.7. The summed E-state index contributed by atoms with van der Waals surface area (Å²) in [5.41, 5.74) is 0.782. The maximum absolute atomic E-state index is 13.2. The predicted molar refractivity (Wildman–Crippen MR) is 62.6 cm³/mol. The van der Waals surface area contributed by atoms with Gasteiger partial charge in [-0.25, -0.2) is 4.39 Å². The zero-order valence-corrected chi connectivity index (χ0v) is 9.63. The molecule has 0 aromatic heterocycles. The van der Waals surface area contributed by atoms with Gasteiger partial charge in [0.15, 0.2) is 11.6 Å². The molecule has 0 spiro atoms. The van der Waals surface area contributed by atoms with E-state index in [-0.39, 0.29) is 23.5 Å². The predicted octanol–water partition coefficient (Wildman–Crippen LogP) is 1.52. The lowest BCUT2D eigenvalue weighted by Crippen LogP contribution is -2.31. The SMILES string of the molecule is COc1cc(NCC2CCC(=O)N2)ccc1F.